The van der Waals surface area contributed by atoms with Gasteiger partial charge in [0.2, 0.25) is 0 Å². The third-order valence-corrected chi connectivity index (χ3v) is 3.74. The molecular formula is C21H25N3O6. The van der Waals surface area contributed by atoms with Crippen molar-refractivity contribution in [1.29, 1.82) is 0 Å². The molecule has 160 valence electrons. The molecule has 2 aromatic rings. The third kappa shape index (κ3) is 6.40. The summed E-state index contributed by atoms with van der Waals surface area (Å²) in [7, 11) is 1.53. The average Bonchev–Trinajstić information content (AvgIpc) is 2.73. The second-order valence-corrected chi connectivity index (χ2v) is 5.89. The van der Waals surface area contributed by atoms with Crippen molar-refractivity contribution in [3.8, 4) is 23.0 Å². The van der Waals surface area contributed by atoms with Crippen LogP contribution in [-0.2, 0) is 4.79 Å². The molecule has 9 nitrogen and oxygen atoms in total. The van der Waals surface area contributed by atoms with Crippen molar-refractivity contribution >= 4 is 18.0 Å². The number of nitrogens with one attached hydrogen (secondary N) is 1. The number of carbonyl (C=O) groups is 2. The van der Waals surface area contributed by atoms with Gasteiger partial charge in [-0.05, 0) is 55.8 Å². The van der Waals surface area contributed by atoms with Gasteiger partial charge in [0.15, 0.2) is 29.6 Å². The third-order valence-electron chi connectivity index (χ3n) is 3.74. The van der Waals surface area contributed by atoms with E-state index in [1.807, 2.05) is 13.8 Å². The first-order valence-corrected chi connectivity index (χ1v) is 9.30. The highest BCUT2D eigenvalue weighted by molar-refractivity contribution is 5.95. The summed E-state index contributed by atoms with van der Waals surface area (Å²) < 4.78 is 21.5. The number of nitrogens with zero attached hydrogens (tertiary/aromatic N) is 1. The predicted molar refractivity (Wildman–Crippen MR) is 112 cm³/mol. The van der Waals surface area contributed by atoms with E-state index in [2.05, 4.69) is 10.5 Å². The number of benzene rings is 2. The Kier molecular flexibility index (Phi) is 8.49. The van der Waals surface area contributed by atoms with Gasteiger partial charge in [0, 0.05) is 5.56 Å². The summed E-state index contributed by atoms with van der Waals surface area (Å²) in [6, 6.07) is 9.87. The Morgan fingerprint density at radius 3 is 2.27 bits per heavy atom. The minimum absolute atomic E-state index is 0.255. The first-order chi connectivity index (χ1) is 14.5. The van der Waals surface area contributed by atoms with Crippen LogP contribution >= 0.6 is 0 Å². The highest BCUT2D eigenvalue weighted by Crippen LogP contribution is 2.29. The Labute approximate surface area is 174 Å². The summed E-state index contributed by atoms with van der Waals surface area (Å²) in [6.07, 6.45) is 1.46. The molecule has 2 rings (SSSR count). The molecule has 0 spiro atoms. The van der Waals surface area contributed by atoms with Crippen LogP contribution in [0.15, 0.2) is 41.5 Å². The lowest BCUT2D eigenvalue weighted by molar-refractivity contribution is -0.119. The van der Waals surface area contributed by atoms with Gasteiger partial charge in [-0.25, -0.2) is 5.43 Å². The summed E-state index contributed by atoms with van der Waals surface area (Å²) in [4.78, 5) is 23.3. The van der Waals surface area contributed by atoms with E-state index in [1.165, 1.54) is 13.3 Å². The standard InChI is InChI=1S/C21H25N3O6/c1-4-28-18-10-14(6-8-17(18)30-13-20(22)25)12-23-24-21(26)15-7-9-16(27-3)19(11-15)29-5-2/h6-12H,4-5,13H2,1-3H3,(H2,22,25)(H,24,26)/b23-12+. The molecule has 0 aliphatic carbocycles. The first kappa shape index (κ1) is 22.5. The fourth-order valence-corrected chi connectivity index (χ4v) is 2.46. The molecular weight excluding hydrogens is 390 g/mol. The number of hydrazone groups is 1. The van der Waals surface area contributed by atoms with E-state index in [0.717, 1.165) is 0 Å². The average molecular weight is 415 g/mol. The highest BCUT2D eigenvalue weighted by Gasteiger charge is 2.11. The molecule has 0 aliphatic rings. The molecule has 3 N–H and O–H groups in total. The normalized spacial score (nSPS) is 10.5. The van der Waals surface area contributed by atoms with E-state index in [4.69, 9.17) is 24.7 Å². The summed E-state index contributed by atoms with van der Waals surface area (Å²) in [6.45, 7) is 4.27. The van der Waals surface area contributed by atoms with Gasteiger partial charge >= 0.3 is 0 Å². The van der Waals surface area contributed by atoms with Crippen LogP contribution in [0.25, 0.3) is 0 Å². The number of carbonyl (C=O) groups excluding carboxylic acids is 2. The molecule has 0 atom stereocenters. The summed E-state index contributed by atoms with van der Waals surface area (Å²) in [5.41, 5.74) is 8.60. The van der Waals surface area contributed by atoms with Gasteiger partial charge in [-0.15, -0.1) is 0 Å². The molecule has 0 radical (unpaired) electrons. The molecule has 0 saturated heterocycles. The number of hydrogen-bond acceptors (Lipinski definition) is 7. The van der Waals surface area contributed by atoms with Crippen molar-refractivity contribution in [1.82, 2.24) is 5.43 Å². The number of amides is 2. The largest absolute Gasteiger partial charge is 0.493 e. The molecule has 0 saturated carbocycles. The topological polar surface area (TPSA) is 121 Å². The maximum absolute atomic E-state index is 12.4. The van der Waals surface area contributed by atoms with E-state index >= 15 is 0 Å². The van der Waals surface area contributed by atoms with Crippen molar-refractivity contribution in [2.75, 3.05) is 26.9 Å². The van der Waals surface area contributed by atoms with Gasteiger partial charge in [-0.3, -0.25) is 9.59 Å². The smallest absolute Gasteiger partial charge is 0.271 e. The first-order valence-electron chi connectivity index (χ1n) is 9.30. The minimum Gasteiger partial charge on any atom is -0.493 e. The second-order valence-electron chi connectivity index (χ2n) is 5.89. The molecule has 0 aliphatic heterocycles. The lowest BCUT2D eigenvalue weighted by Gasteiger charge is -2.11. The Hall–Kier alpha value is -3.75. The monoisotopic (exact) mass is 415 g/mol. The zero-order valence-electron chi connectivity index (χ0n) is 17.1. The van der Waals surface area contributed by atoms with Gasteiger partial charge in [0.25, 0.3) is 11.8 Å². The van der Waals surface area contributed by atoms with Crippen LogP contribution in [0.3, 0.4) is 0 Å². The number of hydrogen-bond donors (Lipinski definition) is 2. The van der Waals surface area contributed by atoms with Crippen molar-refractivity contribution in [3.05, 3.63) is 47.5 Å². The summed E-state index contributed by atoms with van der Waals surface area (Å²) >= 11 is 0. The van der Waals surface area contributed by atoms with E-state index in [0.29, 0.717) is 47.3 Å². The van der Waals surface area contributed by atoms with Crippen LogP contribution in [0, 0.1) is 0 Å². The fourth-order valence-electron chi connectivity index (χ4n) is 2.46. The maximum Gasteiger partial charge on any atom is 0.271 e. The molecule has 0 aromatic heterocycles. The Balaban J connectivity index is 2.08. The fraction of sp³-hybridized carbons (Fsp3) is 0.286. The van der Waals surface area contributed by atoms with Gasteiger partial charge in [-0.1, -0.05) is 0 Å². The Morgan fingerprint density at radius 1 is 0.967 bits per heavy atom. The van der Waals surface area contributed by atoms with Crippen LogP contribution in [0.1, 0.15) is 29.8 Å². The molecule has 0 fully saturated rings. The van der Waals surface area contributed by atoms with Gasteiger partial charge in [0.05, 0.1) is 26.5 Å². The van der Waals surface area contributed by atoms with Gasteiger partial charge in [0.1, 0.15) is 0 Å². The molecule has 0 heterocycles. The molecule has 2 aromatic carbocycles. The quantitative estimate of drug-likeness (QED) is 0.428. The van der Waals surface area contributed by atoms with Crippen LogP contribution in [-0.4, -0.2) is 45.0 Å². The number of primary amides is 1. The van der Waals surface area contributed by atoms with Crippen LogP contribution in [0.2, 0.25) is 0 Å². The van der Waals surface area contributed by atoms with Crippen LogP contribution < -0.4 is 30.1 Å². The van der Waals surface area contributed by atoms with E-state index in [9.17, 15) is 9.59 Å². The van der Waals surface area contributed by atoms with Gasteiger partial charge in [-0.2, -0.15) is 5.10 Å². The van der Waals surface area contributed by atoms with Crippen molar-refractivity contribution < 1.29 is 28.5 Å². The minimum atomic E-state index is -0.586. The Morgan fingerprint density at radius 2 is 1.63 bits per heavy atom. The van der Waals surface area contributed by atoms with Crippen LogP contribution in [0.5, 0.6) is 23.0 Å². The number of rotatable bonds is 11. The zero-order chi connectivity index (χ0) is 21.9. The lowest BCUT2D eigenvalue weighted by atomic mass is 10.2. The molecule has 0 bridgehead atoms. The molecule has 2 amide bonds. The van der Waals surface area contributed by atoms with E-state index < -0.39 is 11.8 Å². The zero-order valence-corrected chi connectivity index (χ0v) is 17.1. The predicted octanol–water partition coefficient (Wildman–Crippen LogP) is 2.12. The SMILES string of the molecule is CCOc1cc(C(=O)N/N=C/c2ccc(OCC(N)=O)c(OCC)c2)ccc1OC. The van der Waals surface area contributed by atoms with Gasteiger partial charge < -0.3 is 24.7 Å². The summed E-state index contributed by atoms with van der Waals surface area (Å²) in [5, 5.41) is 3.97. The van der Waals surface area contributed by atoms with Crippen molar-refractivity contribution in [2.24, 2.45) is 10.8 Å². The lowest BCUT2D eigenvalue weighted by Crippen LogP contribution is -2.20. The molecule has 9 heteroatoms. The van der Waals surface area contributed by atoms with Crippen molar-refractivity contribution in [3.63, 3.8) is 0 Å². The second kappa shape index (κ2) is 11.3. The number of nitrogens with two attached hydrogens (primary N) is 1. The number of ether oxygens (including phenoxy) is 4. The number of methoxy groups -OCH3 is 1. The molecule has 0 unspecified atom stereocenters. The summed E-state index contributed by atoms with van der Waals surface area (Å²) in [5.74, 6) is 0.853. The Bertz CT molecular complexity index is 914. The van der Waals surface area contributed by atoms with E-state index in [-0.39, 0.29) is 6.61 Å². The highest BCUT2D eigenvalue weighted by atomic mass is 16.5. The molecule has 30 heavy (non-hydrogen) atoms. The van der Waals surface area contributed by atoms with E-state index in [1.54, 1.807) is 36.4 Å². The van der Waals surface area contributed by atoms with Crippen molar-refractivity contribution in [2.45, 2.75) is 13.8 Å². The van der Waals surface area contributed by atoms with Crippen LogP contribution in [0.4, 0.5) is 0 Å². The maximum atomic E-state index is 12.4.